The number of halogens is 2. The molecule has 3 aromatic carbocycles. The van der Waals surface area contributed by atoms with Crippen LogP contribution in [-0.4, -0.2) is 36.4 Å². The van der Waals surface area contributed by atoms with Gasteiger partial charge in [-0.05, 0) is 60.4 Å². The topological polar surface area (TPSA) is 58.6 Å². The Kier molecular flexibility index (Phi) is 8.97. The van der Waals surface area contributed by atoms with Crippen molar-refractivity contribution in [2.24, 2.45) is 0 Å². The first-order valence-corrected chi connectivity index (χ1v) is 11.7. The molecule has 0 aliphatic carbocycles. The number of likely N-dealkylation sites (N-methyl/N-ethyl adjacent to an activating group) is 1. The van der Waals surface area contributed by atoms with Gasteiger partial charge in [-0.2, -0.15) is 0 Å². The number of ether oxygens (including phenoxy) is 1. The van der Waals surface area contributed by atoms with E-state index in [0.29, 0.717) is 22.2 Å². The molecule has 178 valence electrons. The molecule has 3 aromatic rings. The number of hydrogen-bond acceptors (Lipinski definition) is 3. The number of rotatable bonds is 9. The van der Waals surface area contributed by atoms with Gasteiger partial charge in [-0.15, -0.1) is 0 Å². The average molecular weight is 499 g/mol. The number of nitrogens with zero attached hydrogens (tertiary/aromatic N) is 1. The summed E-state index contributed by atoms with van der Waals surface area (Å²) >= 11 is 12.3. The molecular formula is C27H28Cl2N2O3. The molecule has 0 aliphatic rings. The predicted octanol–water partition coefficient (Wildman–Crippen LogP) is 5.38. The summed E-state index contributed by atoms with van der Waals surface area (Å²) in [5.41, 5.74) is 3.55. The Bertz CT molecular complexity index is 1110. The summed E-state index contributed by atoms with van der Waals surface area (Å²) in [6.07, 6.45) is 0.374. The average Bonchev–Trinajstić information content (AvgIpc) is 2.84. The van der Waals surface area contributed by atoms with Crippen molar-refractivity contribution in [3.8, 4) is 5.75 Å². The molecule has 3 rings (SSSR count). The second kappa shape index (κ2) is 11.9. The number of carbonyl (C=O) groups excluding carboxylic acids is 2. The molecule has 0 saturated carbocycles. The Labute approximate surface area is 210 Å². The van der Waals surface area contributed by atoms with Crippen molar-refractivity contribution in [2.75, 3.05) is 13.7 Å². The summed E-state index contributed by atoms with van der Waals surface area (Å²) in [6.45, 7) is 3.80. The highest BCUT2D eigenvalue weighted by Gasteiger charge is 2.30. The van der Waals surface area contributed by atoms with E-state index in [-0.39, 0.29) is 25.0 Å². The van der Waals surface area contributed by atoms with E-state index < -0.39 is 6.04 Å². The Morgan fingerprint density at radius 2 is 1.56 bits per heavy atom. The van der Waals surface area contributed by atoms with Crippen molar-refractivity contribution in [2.45, 2.75) is 32.9 Å². The van der Waals surface area contributed by atoms with Gasteiger partial charge >= 0.3 is 0 Å². The quantitative estimate of drug-likeness (QED) is 0.431. The number of aryl methyl sites for hydroxylation is 2. The van der Waals surface area contributed by atoms with E-state index in [1.54, 1.807) is 36.2 Å². The van der Waals surface area contributed by atoms with Gasteiger partial charge < -0.3 is 15.0 Å². The van der Waals surface area contributed by atoms with Crippen LogP contribution in [0.15, 0.2) is 66.7 Å². The van der Waals surface area contributed by atoms with Crippen LogP contribution in [0.25, 0.3) is 0 Å². The molecule has 0 bridgehead atoms. The highest BCUT2D eigenvalue weighted by atomic mass is 35.5. The van der Waals surface area contributed by atoms with Crippen LogP contribution in [0, 0.1) is 13.8 Å². The molecule has 1 N–H and O–H groups in total. The number of benzene rings is 3. The summed E-state index contributed by atoms with van der Waals surface area (Å²) in [6, 6.07) is 19.7. The van der Waals surface area contributed by atoms with Crippen LogP contribution >= 0.6 is 23.2 Å². The maximum Gasteiger partial charge on any atom is 0.261 e. The maximum atomic E-state index is 13.4. The van der Waals surface area contributed by atoms with Crippen molar-refractivity contribution in [3.05, 3.63) is 99.0 Å². The van der Waals surface area contributed by atoms with Crippen LogP contribution in [0.2, 0.25) is 10.0 Å². The van der Waals surface area contributed by atoms with Crippen LogP contribution in [0.4, 0.5) is 0 Å². The minimum Gasteiger partial charge on any atom is -0.484 e. The lowest BCUT2D eigenvalue weighted by atomic mass is 10.0. The fourth-order valence-electron chi connectivity index (χ4n) is 3.72. The zero-order chi connectivity index (χ0) is 24.7. The second-order valence-corrected chi connectivity index (χ2v) is 8.94. The summed E-state index contributed by atoms with van der Waals surface area (Å²) < 4.78 is 5.83. The minimum absolute atomic E-state index is 0.212. The van der Waals surface area contributed by atoms with E-state index in [1.165, 1.54) is 0 Å². The van der Waals surface area contributed by atoms with Gasteiger partial charge in [0.05, 0.1) is 0 Å². The lowest BCUT2D eigenvalue weighted by Crippen LogP contribution is -2.51. The Hall–Kier alpha value is -3.02. The van der Waals surface area contributed by atoms with Crippen LogP contribution in [0.5, 0.6) is 5.75 Å². The highest BCUT2D eigenvalue weighted by molar-refractivity contribution is 6.32. The normalized spacial score (nSPS) is 11.6. The van der Waals surface area contributed by atoms with Gasteiger partial charge in [0, 0.05) is 30.1 Å². The summed E-state index contributed by atoms with van der Waals surface area (Å²) in [7, 11) is 1.57. The van der Waals surface area contributed by atoms with Gasteiger partial charge in [0.1, 0.15) is 11.8 Å². The molecule has 0 fully saturated rings. The van der Waals surface area contributed by atoms with Gasteiger partial charge in [0.15, 0.2) is 6.61 Å². The molecule has 7 heteroatoms. The zero-order valence-electron chi connectivity index (χ0n) is 19.5. The standard InChI is InChI=1S/C27H28Cl2N2O3/c1-18-13-23(14-19(2)26(18)29)34-17-25(32)31(16-21-9-11-22(28)12-10-21)24(27(33)30-3)15-20-7-5-4-6-8-20/h4-14,24H,15-17H2,1-3H3,(H,30,33)/t24-/m1/s1. The van der Waals surface area contributed by atoms with E-state index in [9.17, 15) is 9.59 Å². The number of hydrogen-bond donors (Lipinski definition) is 1. The highest BCUT2D eigenvalue weighted by Crippen LogP contribution is 2.26. The fraction of sp³-hybridized carbons (Fsp3) is 0.259. The number of carbonyl (C=O) groups is 2. The van der Waals surface area contributed by atoms with E-state index >= 15 is 0 Å². The molecule has 5 nitrogen and oxygen atoms in total. The van der Waals surface area contributed by atoms with Gasteiger partial charge in [-0.3, -0.25) is 9.59 Å². The summed E-state index contributed by atoms with van der Waals surface area (Å²) in [5.74, 6) is 0.00725. The van der Waals surface area contributed by atoms with E-state index in [0.717, 1.165) is 22.3 Å². The molecule has 0 radical (unpaired) electrons. The van der Waals surface area contributed by atoms with Crippen LogP contribution in [-0.2, 0) is 22.6 Å². The van der Waals surface area contributed by atoms with E-state index in [1.807, 2.05) is 56.3 Å². The molecular weight excluding hydrogens is 471 g/mol. The van der Waals surface area contributed by atoms with Crippen LogP contribution in [0.3, 0.4) is 0 Å². The molecule has 1 atom stereocenters. The van der Waals surface area contributed by atoms with Gasteiger partial charge in [-0.1, -0.05) is 65.7 Å². The third-order valence-electron chi connectivity index (χ3n) is 5.56. The molecule has 0 heterocycles. The maximum absolute atomic E-state index is 13.4. The largest absolute Gasteiger partial charge is 0.484 e. The Balaban J connectivity index is 1.88. The van der Waals surface area contributed by atoms with Crippen molar-refractivity contribution in [1.29, 1.82) is 0 Å². The van der Waals surface area contributed by atoms with E-state index in [2.05, 4.69) is 5.32 Å². The molecule has 0 aromatic heterocycles. The Morgan fingerprint density at radius 1 is 0.941 bits per heavy atom. The molecule has 2 amide bonds. The van der Waals surface area contributed by atoms with Crippen molar-refractivity contribution < 1.29 is 14.3 Å². The predicted molar refractivity (Wildman–Crippen MR) is 136 cm³/mol. The van der Waals surface area contributed by atoms with Crippen LogP contribution < -0.4 is 10.1 Å². The third kappa shape index (κ3) is 6.75. The second-order valence-electron chi connectivity index (χ2n) is 8.13. The SMILES string of the molecule is CNC(=O)[C@@H](Cc1ccccc1)N(Cc1ccc(Cl)cc1)C(=O)COc1cc(C)c(Cl)c(C)c1. The van der Waals surface area contributed by atoms with Gasteiger partial charge in [0.25, 0.3) is 5.91 Å². The molecule has 0 saturated heterocycles. The van der Waals surface area contributed by atoms with Crippen molar-refractivity contribution >= 4 is 35.0 Å². The van der Waals surface area contributed by atoms with Crippen LogP contribution in [0.1, 0.15) is 22.3 Å². The third-order valence-corrected chi connectivity index (χ3v) is 6.40. The lowest BCUT2D eigenvalue weighted by molar-refractivity contribution is -0.142. The first kappa shape index (κ1) is 25.6. The number of amides is 2. The monoisotopic (exact) mass is 498 g/mol. The summed E-state index contributed by atoms with van der Waals surface area (Å²) in [5, 5.41) is 3.98. The number of nitrogens with one attached hydrogen (secondary N) is 1. The lowest BCUT2D eigenvalue weighted by Gasteiger charge is -2.31. The molecule has 34 heavy (non-hydrogen) atoms. The van der Waals surface area contributed by atoms with Gasteiger partial charge in [0.2, 0.25) is 5.91 Å². The van der Waals surface area contributed by atoms with Crippen molar-refractivity contribution in [1.82, 2.24) is 10.2 Å². The van der Waals surface area contributed by atoms with Gasteiger partial charge in [-0.25, -0.2) is 0 Å². The van der Waals surface area contributed by atoms with E-state index in [4.69, 9.17) is 27.9 Å². The Morgan fingerprint density at radius 3 is 2.15 bits per heavy atom. The molecule has 0 spiro atoms. The minimum atomic E-state index is -0.715. The summed E-state index contributed by atoms with van der Waals surface area (Å²) in [4.78, 5) is 27.9. The zero-order valence-corrected chi connectivity index (χ0v) is 21.0. The molecule has 0 aliphatic heterocycles. The fourth-order valence-corrected chi connectivity index (χ4v) is 3.96. The molecule has 0 unspecified atom stereocenters. The first-order valence-electron chi connectivity index (χ1n) is 11.0. The first-order chi connectivity index (χ1) is 16.3. The van der Waals surface area contributed by atoms with Crippen molar-refractivity contribution in [3.63, 3.8) is 0 Å². The smallest absolute Gasteiger partial charge is 0.261 e.